The van der Waals surface area contributed by atoms with Crippen LogP contribution in [0, 0.1) is 0 Å². The quantitative estimate of drug-likeness (QED) is 0.747. The number of aryl methyl sites for hydroxylation is 1. The van der Waals surface area contributed by atoms with Gasteiger partial charge in [0.15, 0.2) is 11.5 Å². The van der Waals surface area contributed by atoms with Crippen molar-refractivity contribution in [2.24, 2.45) is 7.05 Å². The first-order valence-corrected chi connectivity index (χ1v) is 9.63. The van der Waals surface area contributed by atoms with E-state index in [1.807, 2.05) is 38.4 Å². The Morgan fingerprint density at radius 1 is 1.30 bits per heavy atom. The van der Waals surface area contributed by atoms with E-state index in [2.05, 4.69) is 15.4 Å². The van der Waals surface area contributed by atoms with Crippen molar-refractivity contribution in [2.45, 2.75) is 19.4 Å². The second kappa shape index (κ2) is 7.40. The lowest BCUT2D eigenvalue weighted by Gasteiger charge is -2.16. The van der Waals surface area contributed by atoms with Gasteiger partial charge < -0.3 is 14.8 Å². The summed E-state index contributed by atoms with van der Waals surface area (Å²) in [7, 11) is 1.85. The molecule has 1 N–H and O–H groups in total. The number of ether oxygens (including phenoxy) is 2. The number of hydrogen-bond donors (Lipinski definition) is 1. The van der Waals surface area contributed by atoms with Crippen LogP contribution in [0.4, 0.5) is 0 Å². The first-order chi connectivity index (χ1) is 13.1. The molecule has 4 rings (SSSR count). The molecule has 1 aromatic carbocycles. The van der Waals surface area contributed by atoms with Gasteiger partial charge in [0.05, 0.1) is 25.5 Å². The molecule has 1 amide bonds. The number of nitrogens with one attached hydrogen (secondary N) is 1. The average Bonchev–Trinajstić information content (AvgIpc) is 3.25. The van der Waals surface area contributed by atoms with E-state index < -0.39 is 0 Å². The SMILES string of the molecule is C[C@@H](NC(=O)c1csc(-c2cnn(C)c2)n1)c1ccc2c(c1)OCCCO2. The van der Waals surface area contributed by atoms with Gasteiger partial charge >= 0.3 is 0 Å². The average molecular weight is 384 g/mol. The Labute approximate surface area is 161 Å². The van der Waals surface area contributed by atoms with E-state index in [9.17, 15) is 4.79 Å². The first kappa shape index (κ1) is 17.5. The van der Waals surface area contributed by atoms with Gasteiger partial charge in [-0.2, -0.15) is 5.10 Å². The van der Waals surface area contributed by atoms with Crippen molar-refractivity contribution in [2.75, 3.05) is 13.2 Å². The second-order valence-electron chi connectivity index (χ2n) is 6.39. The molecular weight excluding hydrogens is 364 g/mol. The zero-order valence-electron chi connectivity index (χ0n) is 15.1. The summed E-state index contributed by atoms with van der Waals surface area (Å²) in [5, 5.41) is 9.67. The van der Waals surface area contributed by atoms with E-state index >= 15 is 0 Å². The van der Waals surface area contributed by atoms with Gasteiger partial charge in [-0.15, -0.1) is 11.3 Å². The van der Waals surface area contributed by atoms with Gasteiger partial charge in [-0.05, 0) is 24.6 Å². The molecular formula is C19H20N4O3S. The number of rotatable bonds is 4. The van der Waals surface area contributed by atoms with E-state index in [-0.39, 0.29) is 11.9 Å². The molecule has 0 aliphatic carbocycles. The minimum Gasteiger partial charge on any atom is -0.490 e. The Morgan fingerprint density at radius 3 is 2.89 bits per heavy atom. The highest BCUT2D eigenvalue weighted by molar-refractivity contribution is 7.13. The number of hydrogen-bond acceptors (Lipinski definition) is 6. The van der Waals surface area contributed by atoms with Crippen molar-refractivity contribution in [3.63, 3.8) is 0 Å². The van der Waals surface area contributed by atoms with Gasteiger partial charge in [-0.25, -0.2) is 4.98 Å². The van der Waals surface area contributed by atoms with Crippen molar-refractivity contribution < 1.29 is 14.3 Å². The first-order valence-electron chi connectivity index (χ1n) is 8.75. The van der Waals surface area contributed by atoms with Gasteiger partial charge in [0.25, 0.3) is 5.91 Å². The number of benzene rings is 1. The highest BCUT2D eigenvalue weighted by atomic mass is 32.1. The van der Waals surface area contributed by atoms with Crippen LogP contribution in [0.25, 0.3) is 10.6 Å². The van der Waals surface area contributed by atoms with Crippen LogP contribution in [0.2, 0.25) is 0 Å². The Balaban J connectivity index is 1.46. The molecule has 0 bridgehead atoms. The van der Waals surface area contributed by atoms with E-state index in [4.69, 9.17) is 9.47 Å². The molecule has 0 radical (unpaired) electrons. The topological polar surface area (TPSA) is 78.3 Å². The number of aromatic nitrogens is 3. The summed E-state index contributed by atoms with van der Waals surface area (Å²) in [4.78, 5) is 17.0. The molecule has 0 fully saturated rings. The number of carbonyl (C=O) groups excluding carboxylic acids is 1. The van der Waals surface area contributed by atoms with Crippen LogP contribution in [-0.4, -0.2) is 33.9 Å². The predicted molar refractivity (Wildman–Crippen MR) is 102 cm³/mol. The van der Waals surface area contributed by atoms with Crippen molar-refractivity contribution in [3.05, 3.63) is 47.2 Å². The fraction of sp³-hybridized carbons (Fsp3) is 0.316. The summed E-state index contributed by atoms with van der Waals surface area (Å²) in [5.41, 5.74) is 2.26. The van der Waals surface area contributed by atoms with Gasteiger partial charge in [0, 0.05) is 30.6 Å². The summed E-state index contributed by atoms with van der Waals surface area (Å²) < 4.78 is 13.1. The standard InChI is InChI=1S/C19H20N4O3S/c1-12(13-4-5-16-17(8-13)26-7-3-6-25-16)21-18(24)15-11-27-19(22-15)14-9-20-23(2)10-14/h4-5,8-12H,3,6-7H2,1-2H3,(H,21,24)/t12-/m1/s1. The molecule has 0 spiro atoms. The molecule has 1 aliphatic heterocycles. The molecule has 8 heteroatoms. The Morgan fingerprint density at radius 2 is 2.11 bits per heavy atom. The Hall–Kier alpha value is -2.87. The summed E-state index contributed by atoms with van der Waals surface area (Å²) in [6, 6.07) is 5.58. The van der Waals surface area contributed by atoms with Crippen molar-refractivity contribution in [1.82, 2.24) is 20.1 Å². The predicted octanol–water partition coefficient (Wildman–Crippen LogP) is 3.20. The maximum Gasteiger partial charge on any atom is 0.271 e. The van der Waals surface area contributed by atoms with Gasteiger partial charge in [-0.1, -0.05) is 6.07 Å². The van der Waals surface area contributed by atoms with Crippen LogP contribution in [0.1, 0.15) is 35.4 Å². The fourth-order valence-corrected chi connectivity index (χ4v) is 3.62. The molecule has 0 unspecified atom stereocenters. The smallest absolute Gasteiger partial charge is 0.271 e. The monoisotopic (exact) mass is 384 g/mol. The van der Waals surface area contributed by atoms with Crippen LogP contribution < -0.4 is 14.8 Å². The Kier molecular flexibility index (Phi) is 4.81. The summed E-state index contributed by atoms with van der Waals surface area (Å²) in [5.74, 6) is 1.26. The molecule has 1 aliphatic rings. The number of carbonyl (C=O) groups is 1. The third kappa shape index (κ3) is 3.80. The highest BCUT2D eigenvalue weighted by Gasteiger charge is 2.18. The number of amides is 1. The highest BCUT2D eigenvalue weighted by Crippen LogP contribution is 2.32. The maximum absolute atomic E-state index is 12.6. The molecule has 3 heterocycles. The number of nitrogens with zero attached hydrogens (tertiary/aromatic N) is 3. The van der Waals surface area contributed by atoms with Crippen LogP contribution >= 0.6 is 11.3 Å². The molecule has 27 heavy (non-hydrogen) atoms. The number of thiazole rings is 1. The lowest BCUT2D eigenvalue weighted by atomic mass is 10.1. The fourth-order valence-electron chi connectivity index (χ4n) is 2.85. The van der Waals surface area contributed by atoms with Crippen LogP contribution in [-0.2, 0) is 7.05 Å². The van der Waals surface area contributed by atoms with Crippen molar-refractivity contribution in [1.29, 1.82) is 0 Å². The summed E-state index contributed by atoms with van der Waals surface area (Å²) in [6.07, 6.45) is 4.47. The van der Waals surface area contributed by atoms with Crippen LogP contribution in [0.3, 0.4) is 0 Å². The van der Waals surface area contributed by atoms with Gasteiger partial charge in [0.1, 0.15) is 10.7 Å². The van der Waals surface area contributed by atoms with E-state index in [0.717, 1.165) is 34.1 Å². The second-order valence-corrected chi connectivity index (χ2v) is 7.25. The lowest BCUT2D eigenvalue weighted by Crippen LogP contribution is -2.26. The molecule has 0 saturated heterocycles. The van der Waals surface area contributed by atoms with Gasteiger partial charge in [-0.3, -0.25) is 9.48 Å². The minimum absolute atomic E-state index is 0.182. The normalized spacial score (nSPS) is 14.4. The Bertz CT molecular complexity index is 966. The van der Waals surface area contributed by atoms with Crippen molar-refractivity contribution >= 4 is 17.2 Å². The third-order valence-corrected chi connectivity index (χ3v) is 5.20. The molecule has 1 atom stereocenters. The molecule has 3 aromatic rings. The largest absolute Gasteiger partial charge is 0.490 e. The van der Waals surface area contributed by atoms with E-state index in [0.29, 0.717) is 18.9 Å². The maximum atomic E-state index is 12.6. The van der Waals surface area contributed by atoms with Crippen LogP contribution in [0.15, 0.2) is 36.0 Å². The molecule has 0 saturated carbocycles. The molecule has 2 aromatic heterocycles. The van der Waals surface area contributed by atoms with Crippen molar-refractivity contribution in [3.8, 4) is 22.1 Å². The van der Waals surface area contributed by atoms with Gasteiger partial charge in [0.2, 0.25) is 0 Å². The van der Waals surface area contributed by atoms with Crippen LogP contribution in [0.5, 0.6) is 11.5 Å². The van der Waals surface area contributed by atoms with E-state index in [1.165, 1.54) is 11.3 Å². The summed E-state index contributed by atoms with van der Waals surface area (Å²) in [6.45, 7) is 3.22. The molecule has 7 nitrogen and oxygen atoms in total. The molecule has 140 valence electrons. The zero-order chi connectivity index (χ0) is 18.8. The number of fused-ring (bicyclic) bond motifs is 1. The van der Waals surface area contributed by atoms with E-state index in [1.54, 1.807) is 16.3 Å². The summed E-state index contributed by atoms with van der Waals surface area (Å²) >= 11 is 1.43. The lowest BCUT2D eigenvalue weighted by molar-refractivity contribution is 0.0935. The zero-order valence-corrected chi connectivity index (χ0v) is 16.0. The third-order valence-electron chi connectivity index (χ3n) is 4.31. The minimum atomic E-state index is -0.207.